The molecule has 3 aromatic rings. The number of benzene rings is 2. The lowest BCUT2D eigenvalue weighted by molar-refractivity contribution is -0.145. The molecule has 2 aliphatic rings. The van der Waals surface area contributed by atoms with Gasteiger partial charge in [0.1, 0.15) is 11.4 Å². The Kier molecular flexibility index (Phi) is 6.70. The van der Waals surface area contributed by atoms with E-state index in [0.29, 0.717) is 38.3 Å². The molecule has 2 saturated heterocycles. The summed E-state index contributed by atoms with van der Waals surface area (Å²) >= 11 is 0. The second-order valence-corrected chi connectivity index (χ2v) is 10.0. The number of amides is 1. The first kappa shape index (κ1) is 23.1. The number of furan rings is 1. The van der Waals surface area contributed by atoms with Crippen LogP contribution in [0.1, 0.15) is 24.0 Å². The fraction of sp³-hybridized carbons (Fsp3) is 0.464. The largest absolute Gasteiger partial charge is 0.464 e. The van der Waals surface area contributed by atoms with Crippen LogP contribution in [0.3, 0.4) is 0 Å². The van der Waals surface area contributed by atoms with Gasteiger partial charge in [0.2, 0.25) is 5.91 Å². The molecule has 0 bridgehead atoms. The number of nitrogens with zero attached hydrogens (tertiary/aromatic N) is 2. The Hall–Kier alpha value is -2.70. The summed E-state index contributed by atoms with van der Waals surface area (Å²) in [4.78, 5) is 18.4. The minimum Gasteiger partial charge on any atom is -0.464 e. The number of piperidine rings is 1. The van der Waals surface area contributed by atoms with Crippen LogP contribution in [0.15, 0.2) is 59.2 Å². The fourth-order valence-corrected chi connectivity index (χ4v) is 5.50. The maximum absolute atomic E-state index is 14.6. The summed E-state index contributed by atoms with van der Waals surface area (Å²) in [5, 5.41) is 1.09. The fourth-order valence-electron chi connectivity index (χ4n) is 5.50. The van der Waals surface area contributed by atoms with Crippen LogP contribution in [0, 0.1) is 17.2 Å². The van der Waals surface area contributed by atoms with Crippen LogP contribution < -0.4 is 0 Å². The van der Waals surface area contributed by atoms with Gasteiger partial charge in [-0.2, -0.15) is 0 Å². The summed E-state index contributed by atoms with van der Waals surface area (Å²) < 4.78 is 26.1. The molecule has 3 heterocycles. The van der Waals surface area contributed by atoms with Gasteiger partial charge in [0, 0.05) is 24.4 Å². The third-order valence-corrected chi connectivity index (χ3v) is 7.55. The normalized spacial score (nSPS) is 21.5. The van der Waals surface area contributed by atoms with Crippen molar-refractivity contribution < 1.29 is 18.3 Å². The molecule has 0 aliphatic carbocycles. The van der Waals surface area contributed by atoms with Crippen LogP contribution in [0.25, 0.3) is 11.0 Å². The summed E-state index contributed by atoms with van der Waals surface area (Å²) in [6.07, 6.45) is 4.47. The van der Waals surface area contributed by atoms with Crippen molar-refractivity contribution >= 4 is 16.9 Å². The van der Waals surface area contributed by atoms with E-state index >= 15 is 0 Å². The molecule has 180 valence electrons. The standard InChI is InChI=1S/C28H33FN2O3/c1-30-11-9-28(10-12-30,18-24-4-2-3-5-25(24)29)27(32)31-13-15-33-20-22(19-31)16-21-6-7-23-8-14-34-26(23)17-21/h2-8,14,17,22H,9-13,15-16,18-20H2,1H3/t22-/m0/s1. The van der Waals surface area contributed by atoms with Gasteiger partial charge in [0.05, 0.1) is 24.9 Å². The lowest BCUT2D eigenvalue weighted by Crippen LogP contribution is -2.52. The van der Waals surface area contributed by atoms with E-state index in [1.54, 1.807) is 12.3 Å². The lowest BCUT2D eigenvalue weighted by Gasteiger charge is -2.42. The Bertz CT molecular complexity index is 1140. The van der Waals surface area contributed by atoms with Gasteiger partial charge in [0.15, 0.2) is 0 Å². The van der Waals surface area contributed by atoms with Gasteiger partial charge in [-0.3, -0.25) is 4.79 Å². The minimum absolute atomic E-state index is 0.154. The molecule has 5 nitrogen and oxygen atoms in total. The zero-order chi connectivity index (χ0) is 23.5. The Morgan fingerprint density at radius 3 is 2.76 bits per heavy atom. The van der Waals surface area contributed by atoms with Crippen LogP contribution in [0.2, 0.25) is 0 Å². The van der Waals surface area contributed by atoms with E-state index in [0.717, 1.165) is 43.3 Å². The van der Waals surface area contributed by atoms with E-state index in [1.165, 1.54) is 11.6 Å². The summed E-state index contributed by atoms with van der Waals surface area (Å²) in [7, 11) is 2.09. The number of fused-ring (bicyclic) bond motifs is 1. The topological polar surface area (TPSA) is 45.9 Å². The van der Waals surface area contributed by atoms with Gasteiger partial charge < -0.3 is 19.0 Å². The number of hydrogen-bond donors (Lipinski definition) is 0. The highest BCUT2D eigenvalue weighted by Gasteiger charge is 2.44. The van der Waals surface area contributed by atoms with Gasteiger partial charge in [0.25, 0.3) is 0 Å². The lowest BCUT2D eigenvalue weighted by atomic mass is 9.72. The highest BCUT2D eigenvalue weighted by Crippen LogP contribution is 2.38. The third-order valence-electron chi connectivity index (χ3n) is 7.55. The van der Waals surface area contributed by atoms with Gasteiger partial charge in [-0.15, -0.1) is 0 Å². The summed E-state index contributed by atoms with van der Waals surface area (Å²) in [5.41, 5.74) is 2.13. The Labute approximate surface area is 200 Å². The Balaban J connectivity index is 1.35. The first-order valence-corrected chi connectivity index (χ1v) is 12.3. The molecule has 5 rings (SSSR count). The molecule has 1 amide bonds. The zero-order valence-electron chi connectivity index (χ0n) is 19.8. The van der Waals surface area contributed by atoms with E-state index in [4.69, 9.17) is 9.15 Å². The molecular formula is C28H33FN2O3. The van der Waals surface area contributed by atoms with Crippen LogP contribution >= 0.6 is 0 Å². The smallest absolute Gasteiger partial charge is 0.229 e. The molecule has 0 N–H and O–H groups in total. The van der Waals surface area contributed by atoms with Gasteiger partial charge in [-0.05, 0) is 75.1 Å². The molecule has 1 aromatic heterocycles. The van der Waals surface area contributed by atoms with Crippen LogP contribution in [-0.4, -0.2) is 62.1 Å². The third kappa shape index (κ3) is 4.89. The molecule has 2 fully saturated rings. The molecule has 0 spiro atoms. The molecule has 6 heteroatoms. The van der Waals surface area contributed by atoms with E-state index in [9.17, 15) is 9.18 Å². The van der Waals surface area contributed by atoms with Crippen molar-refractivity contribution in [2.45, 2.75) is 25.7 Å². The predicted octanol–water partition coefficient (Wildman–Crippen LogP) is 4.54. The first-order valence-electron chi connectivity index (χ1n) is 12.3. The SMILES string of the molecule is CN1CCC(Cc2ccccc2F)(C(=O)N2CCOC[C@@H](Cc3ccc4ccoc4c3)C2)CC1. The molecule has 2 aromatic carbocycles. The predicted molar refractivity (Wildman–Crippen MR) is 130 cm³/mol. The molecular weight excluding hydrogens is 431 g/mol. The number of hydrogen-bond acceptors (Lipinski definition) is 4. The number of rotatable bonds is 5. The van der Waals surface area contributed by atoms with E-state index in [1.807, 2.05) is 23.1 Å². The van der Waals surface area contributed by atoms with E-state index in [2.05, 4.69) is 30.1 Å². The van der Waals surface area contributed by atoms with E-state index in [-0.39, 0.29) is 17.6 Å². The zero-order valence-corrected chi connectivity index (χ0v) is 19.8. The average molecular weight is 465 g/mol. The Morgan fingerprint density at radius 2 is 1.94 bits per heavy atom. The van der Waals surface area contributed by atoms with E-state index < -0.39 is 5.41 Å². The monoisotopic (exact) mass is 464 g/mol. The quantitative estimate of drug-likeness (QED) is 0.556. The molecule has 34 heavy (non-hydrogen) atoms. The highest BCUT2D eigenvalue weighted by molar-refractivity contribution is 5.83. The molecule has 2 aliphatic heterocycles. The van der Waals surface area contributed by atoms with Crippen molar-refractivity contribution in [3.8, 4) is 0 Å². The Morgan fingerprint density at radius 1 is 1.12 bits per heavy atom. The number of halogens is 1. The maximum atomic E-state index is 14.6. The van der Waals surface area contributed by atoms with Gasteiger partial charge in [-0.1, -0.05) is 30.3 Å². The molecule has 0 saturated carbocycles. The van der Waals surface area contributed by atoms with Gasteiger partial charge in [-0.25, -0.2) is 4.39 Å². The highest BCUT2D eigenvalue weighted by atomic mass is 19.1. The molecule has 0 radical (unpaired) electrons. The number of carbonyl (C=O) groups excluding carboxylic acids is 1. The van der Waals surface area contributed by atoms with Crippen molar-refractivity contribution in [2.75, 3.05) is 46.4 Å². The average Bonchev–Trinajstić information content (AvgIpc) is 3.19. The second kappa shape index (κ2) is 9.88. The van der Waals surface area contributed by atoms with Gasteiger partial charge >= 0.3 is 0 Å². The second-order valence-electron chi connectivity index (χ2n) is 10.0. The number of carbonyl (C=O) groups is 1. The summed E-state index contributed by atoms with van der Waals surface area (Å²) in [5.74, 6) is 0.135. The molecule has 1 atom stereocenters. The summed E-state index contributed by atoms with van der Waals surface area (Å²) in [6.45, 7) is 4.09. The van der Waals surface area contributed by atoms with Crippen molar-refractivity contribution in [1.29, 1.82) is 0 Å². The number of ether oxygens (including phenoxy) is 1. The summed E-state index contributed by atoms with van der Waals surface area (Å²) in [6, 6.07) is 15.1. The van der Waals surface area contributed by atoms with Crippen molar-refractivity contribution in [1.82, 2.24) is 9.80 Å². The number of likely N-dealkylation sites (tertiary alicyclic amines) is 1. The van der Waals surface area contributed by atoms with Crippen molar-refractivity contribution in [3.05, 3.63) is 71.7 Å². The van der Waals surface area contributed by atoms with Crippen molar-refractivity contribution in [3.63, 3.8) is 0 Å². The minimum atomic E-state index is -0.573. The molecule has 0 unspecified atom stereocenters. The first-order chi connectivity index (χ1) is 16.5. The van der Waals surface area contributed by atoms with Crippen LogP contribution in [0.4, 0.5) is 4.39 Å². The maximum Gasteiger partial charge on any atom is 0.229 e. The van der Waals surface area contributed by atoms with Crippen molar-refractivity contribution in [2.24, 2.45) is 11.3 Å². The van der Waals surface area contributed by atoms with Crippen LogP contribution in [0.5, 0.6) is 0 Å². The van der Waals surface area contributed by atoms with Crippen LogP contribution in [-0.2, 0) is 22.4 Å².